The highest BCUT2D eigenvalue weighted by Crippen LogP contribution is 2.28. The molecule has 0 aromatic heterocycles. The van der Waals surface area contributed by atoms with Crippen molar-refractivity contribution in [3.8, 4) is 6.07 Å². The standard InChI is InChI=1S/C22H15F3N2O3S2/c23-22(24,25)21(28)27-20-11-6-15(12-16(20)13-26)14-31-17-7-9-19(10-8-17)32(29,30)18-4-2-1-3-5-18/h1-12H,14H2,(H,27,28). The van der Waals surface area contributed by atoms with Gasteiger partial charge in [-0.25, -0.2) is 8.42 Å². The van der Waals surface area contributed by atoms with Crippen LogP contribution in [0.25, 0.3) is 0 Å². The molecule has 0 aliphatic carbocycles. The predicted octanol–water partition coefficient (Wildman–Crippen LogP) is 5.18. The summed E-state index contributed by atoms with van der Waals surface area (Å²) in [7, 11) is -3.62. The van der Waals surface area contributed by atoms with Crippen molar-refractivity contribution in [1.82, 2.24) is 0 Å². The number of amides is 1. The van der Waals surface area contributed by atoms with Crippen molar-refractivity contribution >= 4 is 33.2 Å². The van der Waals surface area contributed by atoms with E-state index in [0.29, 0.717) is 11.3 Å². The molecule has 3 rings (SSSR count). The molecule has 0 saturated carbocycles. The summed E-state index contributed by atoms with van der Waals surface area (Å²) in [5, 5.41) is 10.9. The van der Waals surface area contributed by atoms with E-state index < -0.39 is 21.9 Å². The quantitative estimate of drug-likeness (QED) is 0.495. The van der Waals surface area contributed by atoms with Crippen molar-refractivity contribution in [3.05, 3.63) is 83.9 Å². The Morgan fingerprint density at radius 2 is 1.59 bits per heavy atom. The summed E-state index contributed by atoms with van der Waals surface area (Å²) in [6.45, 7) is 0. The van der Waals surface area contributed by atoms with Gasteiger partial charge in [0, 0.05) is 10.6 Å². The summed E-state index contributed by atoms with van der Waals surface area (Å²) in [6.07, 6.45) is -5.05. The Bertz CT molecular complexity index is 1270. The van der Waals surface area contributed by atoms with Crippen LogP contribution in [0.3, 0.4) is 0 Å². The van der Waals surface area contributed by atoms with Crippen LogP contribution in [0.5, 0.6) is 0 Å². The van der Waals surface area contributed by atoms with Gasteiger partial charge in [-0.1, -0.05) is 24.3 Å². The molecule has 1 N–H and O–H groups in total. The van der Waals surface area contributed by atoms with Gasteiger partial charge in [0.2, 0.25) is 9.84 Å². The second kappa shape index (κ2) is 9.46. The smallest absolute Gasteiger partial charge is 0.317 e. The lowest BCUT2D eigenvalue weighted by Gasteiger charge is -2.11. The van der Waals surface area contributed by atoms with E-state index in [1.807, 2.05) is 0 Å². The molecule has 0 spiro atoms. The molecule has 0 fully saturated rings. The molecule has 0 aliphatic heterocycles. The number of carbonyl (C=O) groups is 1. The molecule has 0 unspecified atom stereocenters. The first-order chi connectivity index (χ1) is 15.1. The minimum Gasteiger partial charge on any atom is -0.317 e. The molecule has 0 bridgehead atoms. The van der Waals surface area contributed by atoms with E-state index in [-0.39, 0.29) is 21.0 Å². The van der Waals surface area contributed by atoms with Crippen molar-refractivity contribution in [2.24, 2.45) is 0 Å². The molecule has 164 valence electrons. The molecule has 0 saturated heterocycles. The predicted molar refractivity (Wildman–Crippen MR) is 114 cm³/mol. The minimum absolute atomic E-state index is 0.0926. The number of alkyl halides is 3. The van der Waals surface area contributed by atoms with E-state index in [2.05, 4.69) is 0 Å². The Morgan fingerprint density at radius 3 is 2.19 bits per heavy atom. The minimum atomic E-state index is -5.05. The highest BCUT2D eigenvalue weighted by atomic mass is 32.2. The van der Waals surface area contributed by atoms with Crippen molar-refractivity contribution in [3.63, 3.8) is 0 Å². The van der Waals surface area contributed by atoms with Crippen molar-refractivity contribution in [1.29, 1.82) is 5.26 Å². The van der Waals surface area contributed by atoms with E-state index in [4.69, 9.17) is 0 Å². The molecule has 0 heterocycles. The number of hydrogen-bond acceptors (Lipinski definition) is 5. The fourth-order valence-corrected chi connectivity index (χ4v) is 4.82. The number of halogens is 3. The number of benzene rings is 3. The number of nitrogens with zero attached hydrogens (tertiary/aromatic N) is 1. The van der Waals surface area contributed by atoms with Gasteiger partial charge in [-0.15, -0.1) is 11.8 Å². The average Bonchev–Trinajstić information content (AvgIpc) is 2.78. The van der Waals surface area contributed by atoms with Crippen LogP contribution in [0.2, 0.25) is 0 Å². The number of hydrogen-bond donors (Lipinski definition) is 1. The van der Waals surface area contributed by atoms with Crippen LogP contribution in [0.4, 0.5) is 18.9 Å². The summed E-state index contributed by atoms with van der Waals surface area (Å²) in [6, 6.07) is 20.3. The van der Waals surface area contributed by atoms with Gasteiger partial charge < -0.3 is 5.32 Å². The second-order valence-corrected chi connectivity index (χ2v) is 9.52. The maximum Gasteiger partial charge on any atom is 0.471 e. The molecule has 0 radical (unpaired) electrons. The van der Waals surface area contributed by atoms with Gasteiger partial charge in [-0.05, 0) is 54.1 Å². The average molecular weight is 477 g/mol. The highest BCUT2D eigenvalue weighted by molar-refractivity contribution is 7.98. The van der Waals surface area contributed by atoms with E-state index in [0.717, 1.165) is 4.90 Å². The summed E-state index contributed by atoms with van der Waals surface area (Å²) in [4.78, 5) is 12.2. The van der Waals surface area contributed by atoms with Crippen molar-refractivity contribution < 1.29 is 26.4 Å². The van der Waals surface area contributed by atoms with Gasteiger partial charge >= 0.3 is 12.1 Å². The van der Waals surface area contributed by atoms with Crippen LogP contribution in [0.15, 0.2) is 87.5 Å². The number of thioether (sulfide) groups is 1. The molecular formula is C22H15F3N2O3S2. The Morgan fingerprint density at radius 1 is 0.969 bits per heavy atom. The molecule has 0 aliphatic rings. The molecule has 3 aromatic rings. The number of carbonyl (C=O) groups excluding carboxylic acids is 1. The number of anilines is 1. The fraction of sp³-hybridized carbons (Fsp3) is 0.0909. The van der Waals surface area contributed by atoms with Gasteiger partial charge in [0.05, 0.1) is 21.0 Å². The Balaban J connectivity index is 1.69. The third-order valence-corrected chi connectivity index (χ3v) is 7.17. The maximum absolute atomic E-state index is 12.6. The summed E-state index contributed by atoms with van der Waals surface area (Å²) < 4.78 is 62.5. The molecule has 0 atom stereocenters. The Kier molecular flexibility index (Phi) is 6.91. The first-order valence-electron chi connectivity index (χ1n) is 9.05. The van der Waals surface area contributed by atoms with Crippen LogP contribution in [0.1, 0.15) is 11.1 Å². The van der Waals surface area contributed by atoms with Gasteiger partial charge in [-0.2, -0.15) is 18.4 Å². The first kappa shape index (κ1) is 23.4. The third kappa shape index (κ3) is 5.49. The van der Waals surface area contributed by atoms with E-state index in [9.17, 15) is 31.6 Å². The van der Waals surface area contributed by atoms with Crippen LogP contribution in [-0.2, 0) is 20.4 Å². The molecule has 3 aromatic carbocycles. The SMILES string of the molecule is N#Cc1cc(CSc2ccc(S(=O)(=O)c3ccccc3)cc2)ccc1NC(=O)C(F)(F)F. The zero-order chi connectivity index (χ0) is 23.4. The monoisotopic (exact) mass is 476 g/mol. The summed E-state index contributed by atoms with van der Waals surface area (Å²) in [5.74, 6) is -1.77. The van der Waals surface area contributed by atoms with Gasteiger partial charge in [0.25, 0.3) is 0 Å². The molecule has 32 heavy (non-hydrogen) atoms. The van der Waals surface area contributed by atoms with Crippen LogP contribution in [-0.4, -0.2) is 20.5 Å². The Labute approximate surface area is 186 Å². The molecule has 1 amide bonds. The van der Waals surface area contributed by atoms with Crippen LogP contribution in [0, 0.1) is 11.3 Å². The van der Waals surface area contributed by atoms with Crippen molar-refractivity contribution in [2.45, 2.75) is 26.6 Å². The second-order valence-electron chi connectivity index (χ2n) is 6.52. The lowest BCUT2D eigenvalue weighted by Crippen LogP contribution is -2.30. The van der Waals surface area contributed by atoms with E-state index in [1.165, 1.54) is 54.2 Å². The van der Waals surface area contributed by atoms with E-state index >= 15 is 0 Å². The number of rotatable bonds is 6. The van der Waals surface area contributed by atoms with Gasteiger partial charge in [0.1, 0.15) is 6.07 Å². The van der Waals surface area contributed by atoms with Crippen LogP contribution < -0.4 is 5.32 Å². The van der Waals surface area contributed by atoms with Crippen molar-refractivity contribution in [2.75, 3.05) is 5.32 Å². The van der Waals surface area contributed by atoms with Crippen LogP contribution >= 0.6 is 11.8 Å². The zero-order valence-electron chi connectivity index (χ0n) is 16.3. The molecule has 5 nitrogen and oxygen atoms in total. The molecule has 10 heteroatoms. The lowest BCUT2D eigenvalue weighted by atomic mass is 10.1. The Hall–Kier alpha value is -3.29. The zero-order valence-corrected chi connectivity index (χ0v) is 17.9. The lowest BCUT2D eigenvalue weighted by molar-refractivity contribution is -0.167. The number of nitriles is 1. The summed E-state index contributed by atoms with van der Waals surface area (Å²) >= 11 is 1.36. The fourth-order valence-electron chi connectivity index (χ4n) is 2.69. The maximum atomic E-state index is 12.6. The summed E-state index contributed by atoms with van der Waals surface area (Å²) in [5.41, 5.74) is 0.335. The topological polar surface area (TPSA) is 87.0 Å². The van der Waals surface area contributed by atoms with Gasteiger partial charge in [-0.3, -0.25) is 4.79 Å². The molecular weight excluding hydrogens is 461 g/mol. The highest BCUT2D eigenvalue weighted by Gasteiger charge is 2.39. The number of sulfone groups is 1. The van der Waals surface area contributed by atoms with Gasteiger partial charge in [0.15, 0.2) is 0 Å². The third-order valence-electron chi connectivity index (χ3n) is 4.30. The number of nitrogens with one attached hydrogen (secondary N) is 1. The van der Waals surface area contributed by atoms with E-state index in [1.54, 1.807) is 41.7 Å². The largest absolute Gasteiger partial charge is 0.471 e. The normalized spacial score (nSPS) is 11.6. The first-order valence-corrected chi connectivity index (χ1v) is 11.5.